The summed E-state index contributed by atoms with van der Waals surface area (Å²) in [6.45, 7) is 13.0. The quantitative estimate of drug-likeness (QED) is 0.752. The Balaban J connectivity index is 2.29. The van der Waals surface area contributed by atoms with Gasteiger partial charge in [-0.2, -0.15) is 4.99 Å². The van der Waals surface area contributed by atoms with E-state index >= 15 is 0 Å². The smallest absolute Gasteiger partial charge is 0.252 e. The first-order chi connectivity index (χ1) is 10.1. The molecular formula is C17H27FN2OS. The number of thiazole rings is 1. The minimum absolute atomic E-state index is 0.00793. The lowest BCUT2D eigenvalue weighted by Gasteiger charge is -2.05. The Bertz CT molecular complexity index is 626. The van der Waals surface area contributed by atoms with E-state index in [1.807, 2.05) is 13.8 Å². The van der Waals surface area contributed by atoms with E-state index in [4.69, 9.17) is 0 Å². The van der Waals surface area contributed by atoms with Crippen molar-refractivity contribution in [3.05, 3.63) is 15.4 Å². The Morgan fingerprint density at radius 2 is 1.82 bits per heavy atom. The summed E-state index contributed by atoms with van der Waals surface area (Å²) in [6, 6.07) is 0. The molecular weight excluding hydrogens is 299 g/mol. The molecule has 5 heteroatoms. The first-order valence-electron chi connectivity index (χ1n) is 7.96. The molecule has 22 heavy (non-hydrogen) atoms. The van der Waals surface area contributed by atoms with Crippen molar-refractivity contribution in [3.63, 3.8) is 0 Å². The zero-order valence-electron chi connectivity index (χ0n) is 14.5. The number of carbonyl (C=O) groups is 1. The average molecular weight is 326 g/mol. The third-order valence-electron chi connectivity index (χ3n) is 5.63. The number of carbonyl (C=O) groups excluding carboxylic acids is 1. The molecule has 1 aromatic heterocycles. The van der Waals surface area contributed by atoms with Crippen molar-refractivity contribution in [2.24, 2.45) is 21.7 Å². The maximum atomic E-state index is 12.6. The Labute approximate surface area is 136 Å². The summed E-state index contributed by atoms with van der Waals surface area (Å²) in [5.41, 5.74) is 1.15. The van der Waals surface area contributed by atoms with Crippen molar-refractivity contribution >= 4 is 17.2 Å². The molecule has 1 aliphatic rings. The maximum Gasteiger partial charge on any atom is 0.252 e. The van der Waals surface area contributed by atoms with E-state index in [-0.39, 0.29) is 29.3 Å². The molecule has 1 heterocycles. The fraction of sp³-hybridized carbons (Fsp3) is 0.765. The number of aromatic nitrogens is 1. The van der Waals surface area contributed by atoms with Gasteiger partial charge in [-0.25, -0.2) is 0 Å². The van der Waals surface area contributed by atoms with E-state index in [1.54, 1.807) is 11.3 Å². The van der Waals surface area contributed by atoms with Crippen molar-refractivity contribution in [2.45, 2.75) is 60.9 Å². The molecule has 124 valence electrons. The molecule has 0 aromatic carbocycles. The highest BCUT2D eigenvalue weighted by Crippen LogP contribution is 2.68. The highest BCUT2D eigenvalue weighted by molar-refractivity contribution is 7.09. The molecule has 1 amide bonds. The summed E-state index contributed by atoms with van der Waals surface area (Å²) in [5.74, 6) is -0.0301. The Hall–Kier alpha value is -0.970. The molecule has 0 saturated heterocycles. The number of nitrogens with zero attached hydrogens (tertiary/aromatic N) is 2. The number of alkyl halides is 1. The highest BCUT2D eigenvalue weighted by Gasteiger charge is 2.68. The fourth-order valence-electron chi connectivity index (χ4n) is 3.28. The molecule has 0 radical (unpaired) electrons. The average Bonchev–Trinajstić information content (AvgIpc) is 2.67. The summed E-state index contributed by atoms with van der Waals surface area (Å²) < 4.78 is 14.4. The molecule has 0 spiro atoms. The van der Waals surface area contributed by atoms with Gasteiger partial charge in [0.2, 0.25) is 0 Å². The SMILES string of the molecule is Cc1s/c(=N\C(=O)C2C(C)(C)C2(C)C)n(CCCCF)c1C. The molecule has 1 saturated carbocycles. The lowest BCUT2D eigenvalue weighted by atomic mass is 10.0. The fourth-order valence-corrected chi connectivity index (χ4v) is 4.29. The Kier molecular flexibility index (Phi) is 4.67. The van der Waals surface area contributed by atoms with Gasteiger partial charge in [-0.15, -0.1) is 11.3 Å². The second-order valence-electron chi connectivity index (χ2n) is 7.40. The van der Waals surface area contributed by atoms with Gasteiger partial charge < -0.3 is 4.57 Å². The molecule has 0 atom stereocenters. The number of amides is 1. The van der Waals surface area contributed by atoms with Gasteiger partial charge in [0.1, 0.15) is 0 Å². The monoisotopic (exact) mass is 326 g/mol. The topological polar surface area (TPSA) is 34.4 Å². The van der Waals surface area contributed by atoms with Crippen LogP contribution in [-0.4, -0.2) is 17.1 Å². The van der Waals surface area contributed by atoms with Crippen LogP contribution in [0.5, 0.6) is 0 Å². The lowest BCUT2D eigenvalue weighted by molar-refractivity contribution is -0.120. The van der Waals surface area contributed by atoms with Crippen molar-refractivity contribution in [3.8, 4) is 0 Å². The number of halogens is 1. The molecule has 0 unspecified atom stereocenters. The summed E-state index contributed by atoms with van der Waals surface area (Å²) >= 11 is 1.55. The van der Waals surface area contributed by atoms with Gasteiger partial charge in [0.15, 0.2) is 4.80 Å². The van der Waals surface area contributed by atoms with Crippen LogP contribution in [0.2, 0.25) is 0 Å². The molecule has 3 nitrogen and oxygen atoms in total. The molecule has 2 rings (SSSR count). The van der Waals surface area contributed by atoms with Gasteiger partial charge >= 0.3 is 0 Å². The van der Waals surface area contributed by atoms with E-state index < -0.39 is 0 Å². The van der Waals surface area contributed by atoms with Crippen LogP contribution in [0.25, 0.3) is 0 Å². The number of hydrogen-bond acceptors (Lipinski definition) is 2. The van der Waals surface area contributed by atoms with Crippen LogP contribution in [0, 0.1) is 30.6 Å². The van der Waals surface area contributed by atoms with Crippen LogP contribution in [0.4, 0.5) is 4.39 Å². The Morgan fingerprint density at radius 3 is 2.32 bits per heavy atom. The molecule has 0 aliphatic heterocycles. The van der Waals surface area contributed by atoms with Crippen molar-refractivity contribution < 1.29 is 9.18 Å². The molecule has 1 aliphatic carbocycles. The van der Waals surface area contributed by atoms with Crippen molar-refractivity contribution in [2.75, 3.05) is 6.67 Å². The Morgan fingerprint density at radius 1 is 1.23 bits per heavy atom. The van der Waals surface area contributed by atoms with Gasteiger partial charge in [-0.05, 0) is 37.5 Å². The van der Waals surface area contributed by atoms with Crippen LogP contribution in [-0.2, 0) is 11.3 Å². The molecule has 1 aromatic rings. The minimum atomic E-state index is -0.293. The number of aryl methyl sites for hydroxylation is 1. The van der Waals surface area contributed by atoms with Gasteiger partial charge in [0.05, 0.1) is 12.6 Å². The second kappa shape index (κ2) is 5.91. The van der Waals surface area contributed by atoms with Crippen LogP contribution in [0.1, 0.15) is 51.1 Å². The maximum absolute atomic E-state index is 12.6. The summed E-state index contributed by atoms with van der Waals surface area (Å²) in [7, 11) is 0. The number of unbranched alkanes of at least 4 members (excludes halogenated alkanes) is 1. The van der Waals surface area contributed by atoms with Crippen LogP contribution in [0.3, 0.4) is 0 Å². The summed E-state index contributed by atoms with van der Waals surface area (Å²) in [6.07, 6.45) is 1.33. The normalized spacial score (nSPS) is 20.4. The summed E-state index contributed by atoms with van der Waals surface area (Å²) in [4.78, 5) is 18.9. The summed E-state index contributed by atoms with van der Waals surface area (Å²) in [5, 5.41) is 0. The van der Waals surface area contributed by atoms with E-state index in [0.717, 1.165) is 23.5 Å². The van der Waals surface area contributed by atoms with Crippen molar-refractivity contribution in [1.29, 1.82) is 0 Å². The van der Waals surface area contributed by atoms with Gasteiger partial charge in [0.25, 0.3) is 5.91 Å². The van der Waals surface area contributed by atoms with Gasteiger partial charge in [0, 0.05) is 17.1 Å². The van der Waals surface area contributed by atoms with E-state index in [1.165, 1.54) is 4.88 Å². The molecule has 0 bridgehead atoms. The predicted octanol–water partition coefficient (Wildman–Crippen LogP) is 4.03. The largest absolute Gasteiger partial charge is 0.321 e. The van der Waals surface area contributed by atoms with Crippen LogP contribution in [0.15, 0.2) is 4.99 Å². The molecule has 0 N–H and O–H groups in total. The van der Waals surface area contributed by atoms with Gasteiger partial charge in [-0.3, -0.25) is 9.18 Å². The zero-order valence-corrected chi connectivity index (χ0v) is 15.3. The third kappa shape index (κ3) is 2.80. The van der Waals surface area contributed by atoms with Crippen LogP contribution >= 0.6 is 11.3 Å². The zero-order chi connectivity index (χ0) is 16.7. The molecule has 1 fully saturated rings. The standard InChI is InChI=1S/C17H27FN2OS/c1-11-12(2)22-15(20(11)10-8-7-9-18)19-14(21)13-16(3,4)17(13,5)6/h13H,7-10H2,1-6H3/b19-15-. The van der Waals surface area contributed by atoms with E-state index in [9.17, 15) is 9.18 Å². The van der Waals surface area contributed by atoms with E-state index in [0.29, 0.717) is 6.42 Å². The highest BCUT2D eigenvalue weighted by atomic mass is 32.1. The third-order valence-corrected chi connectivity index (χ3v) is 6.72. The number of hydrogen-bond donors (Lipinski definition) is 0. The van der Waals surface area contributed by atoms with Crippen LogP contribution < -0.4 is 4.80 Å². The predicted molar refractivity (Wildman–Crippen MR) is 88.6 cm³/mol. The first kappa shape index (κ1) is 17.4. The minimum Gasteiger partial charge on any atom is -0.321 e. The van der Waals surface area contributed by atoms with Gasteiger partial charge in [-0.1, -0.05) is 27.7 Å². The van der Waals surface area contributed by atoms with E-state index in [2.05, 4.69) is 37.3 Å². The number of rotatable bonds is 5. The second-order valence-corrected chi connectivity index (χ2v) is 8.58. The first-order valence-corrected chi connectivity index (χ1v) is 8.77. The lowest BCUT2D eigenvalue weighted by Crippen LogP contribution is -2.20. The van der Waals surface area contributed by atoms with Crippen molar-refractivity contribution in [1.82, 2.24) is 4.57 Å².